The Kier molecular flexibility index (Phi) is 15.2. The summed E-state index contributed by atoms with van der Waals surface area (Å²) in [4.78, 5) is 34.6. The number of nitriles is 2. The molecule has 0 aliphatic heterocycles. The molecule has 15 heteroatoms. The van der Waals surface area contributed by atoms with Crippen molar-refractivity contribution in [3.8, 4) is 39.6 Å². The van der Waals surface area contributed by atoms with Crippen molar-refractivity contribution in [3.05, 3.63) is 75.8 Å². The minimum absolute atomic E-state index is 0.0156. The number of carbonyl (C=O) groups is 2. The third-order valence-electron chi connectivity index (χ3n) is 7.77. The van der Waals surface area contributed by atoms with Crippen LogP contribution in [0, 0.1) is 28.6 Å². The van der Waals surface area contributed by atoms with Gasteiger partial charge in [-0.05, 0) is 61.6 Å². The van der Waals surface area contributed by atoms with Crippen LogP contribution in [-0.2, 0) is 20.1 Å². The largest absolute Gasteiger partial charge is 0.490 e. The van der Waals surface area contributed by atoms with Crippen LogP contribution in [0.15, 0.2) is 58.9 Å². The smallest absolute Gasteiger partial charge is 0.328 e. The minimum Gasteiger partial charge on any atom is -0.490 e. The van der Waals surface area contributed by atoms with Gasteiger partial charge in [0.25, 0.3) is 0 Å². The number of nitrogens with one attached hydrogen (secondary N) is 1. The number of carbonyl (C=O) groups excluding carboxylic acids is 2. The molecule has 12 nitrogen and oxygen atoms in total. The average molecular weight is 761 g/mol. The van der Waals surface area contributed by atoms with E-state index in [4.69, 9.17) is 43.3 Å². The Bertz CT molecular complexity index is 1910. The summed E-state index contributed by atoms with van der Waals surface area (Å²) in [5, 5.41) is 26.7. The maximum absolute atomic E-state index is 12.9. The van der Waals surface area contributed by atoms with E-state index in [1.807, 2.05) is 43.5 Å². The highest BCUT2D eigenvalue weighted by atomic mass is 35.5. The van der Waals surface area contributed by atoms with Crippen LogP contribution in [0.1, 0.15) is 56.4 Å². The first-order valence-electron chi connectivity index (χ1n) is 16.7. The highest BCUT2D eigenvalue weighted by Crippen LogP contribution is 2.37. The zero-order valence-electron chi connectivity index (χ0n) is 28.9. The van der Waals surface area contributed by atoms with Gasteiger partial charge >= 0.3 is 5.97 Å². The second-order valence-corrected chi connectivity index (χ2v) is 14.5. The lowest BCUT2D eigenvalue weighted by Gasteiger charge is -2.21. The van der Waals surface area contributed by atoms with Gasteiger partial charge in [0, 0.05) is 27.3 Å². The number of unbranched alkanes of at least 4 members (excludes halogenated alkanes) is 1. The maximum atomic E-state index is 12.9. The summed E-state index contributed by atoms with van der Waals surface area (Å²) in [5.74, 6) is 0.0811. The fourth-order valence-electron chi connectivity index (χ4n) is 5.16. The number of nitrogens with two attached hydrogens (primary N) is 3. The van der Waals surface area contributed by atoms with Crippen LogP contribution in [0.5, 0.6) is 5.75 Å². The molecule has 4 aromatic rings. The van der Waals surface area contributed by atoms with Crippen molar-refractivity contribution in [2.45, 2.75) is 62.4 Å². The number of rotatable bonds is 18. The van der Waals surface area contributed by atoms with Crippen LogP contribution in [0.3, 0.4) is 0 Å². The number of halogens is 1. The van der Waals surface area contributed by atoms with Crippen molar-refractivity contribution >= 4 is 52.4 Å². The molecule has 2 aromatic carbocycles. The van der Waals surface area contributed by atoms with Crippen molar-refractivity contribution in [2.24, 2.45) is 17.4 Å². The van der Waals surface area contributed by atoms with Crippen LogP contribution in [0.25, 0.3) is 21.7 Å². The van der Waals surface area contributed by atoms with Gasteiger partial charge in [0.2, 0.25) is 5.91 Å². The molecule has 0 saturated carbocycles. The number of anilines is 1. The number of nitrogens with zero attached hydrogens (tertiary/aromatic N) is 4. The number of hydrogen-bond donors (Lipinski definition) is 4. The predicted octanol–water partition coefficient (Wildman–Crippen LogP) is 6.05. The second kappa shape index (κ2) is 19.8. The van der Waals surface area contributed by atoms with Gasteiger partial charge < -0.3 is 32.0 Å². The summed E-state index contributed by atoms with van der Waals surface area (Å²) in [6, 6.07) is 17.0. The molecular weight excluding hydrogens is 720 g/mol. The summed E-state index contributed by atoms with van der Waals surface area (Å²) < 4.78 is 11.2. The number of thiazole rings is 1. The van der Waals surface area contributed by atoms with E-state index >= 15 is 0 Å². The molecule has 7 N–H and O–H groups in total. The Morgan fingerprint density at radius 2 is 1.69 bits per heavy atom. The Morgan fingerprint density at radius 1 is 1.00 bits per heavy atom. The first kappa shape index (κ1) is 40.1. The third-order valence-corrected chi connectivity index (χ3v) is 9.97. The number of amides is 1. The van der Waals surface area contributed by atoms with Gasteiger partial charge in [-0.1, -0.05) is 67.9 Å². The maximum Gasteiger partial charge on any atom is 0.328 e. The summed E-state index contributed by atoms with van der Waals surface area (Å²) in [6.07, 6.45) is 2.36. The molecule has 0 radical (unpaired) electrons. The average Bonchev–Trinajstić information content (AvgIpc) is 3.61. The van der Waals surface area contributed by atoms with Gasteiger partial charge in [0.1, 0.15) is 58.6 Å². The van der Waals surface area contributed by atoms with Crippen molar-refractivity contribution < 1.29 is 19.1 Å². The van der Waals surface area contributed by atoms with Gasteiger partial charge in [0.15, 0.2) is 0 Å². The van der Waals surface area contributed by atoms with Crippen molar-refractivity contribution in [1.29, 1.82) is 10.5 Å². The van der Waals surface area contributed by atoms with Crippen LogP contribution in [0.4, 0.5) is 5.82 Å². The fraction of sp³-hybridized carbons (Fsp3) is 0.351. The molecule has 1 amide bonds. The summed E-state index contributed by atoms with van der Waals surface area (Å²) in [5.41, 5.74) is 20.8. The number of hydrogen-bond acceptors (Lipinski definition) is 13. The normalized spacial score (nSPS) is 12.1. The van der Waals surface area contributed by atoms with Gasteiger partial charge in [-0.15, -0.1) is 11.3 Å². The highest BCUT2D eigenvalue weighted by Gasteiger charge is 2.26. The zero-order valence-corrected chi connectivity index (χ0v) is 31.3. The number of benzene rings is 2. The van der Waals surface area contributed by atoms with Gasteiger partial charge in [-0.3, -0.25) is 4.79 Å². The summed E-state index contributed by atoms with van der Waals surface area (Å²) in [7, 11) is 0. The minimum atomic E-state index is -0.833. The van der Waals surface area contributed by atoms with Gasteiger partial charge in [0.05, 0.1) is 17.3 Å². The van der Waals surface area contributed by atoms with Crippen LogP contribution < -0.4 is 27.3 Å². The fourth-order valence-corrected chi connectivity index (χ4v) is 7.10. The highest BCUT2D eigenvalue weighted by molar-refractivity contribution is 7.98. The lowest BCUT2D eigenvalue weighted by atomic mass is 9.97. The number of nitrogen functional groups attached to an aromatic ring is 1. The Morgan fingerprint density at radius 3 is 2.35 bits per heavy atom. The molecule has 0 saturated heterocycles. The topological polar surface area (TPSA) is 216 Å². The number of thioether (sulfide) groups is 1. The zero-order chi connectivity index (χ0) is 37.6. The molecule has 0 aliphatic carbocycles. The van der Waals surface area contributed by atoms with Crippen molar-refractivity contribution in [3.63, 3.8) is 0 Å². The van der Waals surface area contributed by atoms with E-state index in [0.717, 1.165) is 29.1 Å². The standard InChI is InChI=1S/C37H41ClN8O4S2/c1-22(2)17-31(45-34(47)30(42)5-3-4-14-39)37(48)50-16-15-49-27-12-8-23(9-13-27)32-28(18-40)33(43)46-36(29(32)19-41)52-21-26-20-51-35(44-26)24-6-10-25(38)11-7-24/h6-13,20,22,30-31H,3-5,14-17,21,39,42H2,1-2H3,(H2,43,46)(H,45,47). The van der Waals surface area contributed by atoms with Crippen LogP contribution >= 0.6 is 34.7 Å². The molecule has 0 fully saturated rings. The number of esters is 1. The monoisotopic (exact) mass is 760 g/mol. The van der Waals surface area contributed by atoms with E-state index in [-0.39, 0.29) is 36.1 Å². The summed E-state index contributed by atoms with van der Waals surface area (Å²) in [6.45, 7) is 4.42. The number of pyridine rings is 1. The second-order valence-electron chi connectivity index (χ2n) is 12.2. The SMILES string of the molecule is CC(C)CC(NC(=O)C(N)CCCCN)C(=O)OCCOc1ccc(-c2c(C#N)c(N)nc(SCc3csc(-c4ccc(Cl)cc4)n3)c2C#N)cc1. The van der Waals surface area contributed by atoms with E-state index in [2.05, 4.69) is 22.4 Å². The molecule has 2 aromatic heterocycles. The van der Waals surface area contributed by atoms with E-state index in [1.165, 1.54) is 23.1 Å². The first-order chi connectivity index (χ1) is 25.0. The molecule has 2 heterocycles. The molecular formula is C37H41ClN8O4S2. The van der Waals surface area contributed by atoms with Crippen LogP contribution in [-0.4, -0.2) is 53.7 Å². The van der Waals surface area contributed by atoms with Crippen molar-refractivity contribution in [2.75, 3.05) is 25.5 Å². The molecule has 4 rings (SSSR count). The Balaban J connectivity index is 1.38. The number of aromatic nitrogens is 2. The van der Waals surface area contributed by atoms with E-state index < -0.39 is 24.0 Å². The molecule has 272 valence electrons. The lowest BCUT2D eigenvalue weighted by Crippen LogP contribution is -2.49. The van der Waals surface area contributed by atoms with E-state index in [1.54, 1.807) is 24.3 Å². The van der Waals surface area contributed by atoms with Gasteiger partial charge in [-0.2, -0.15) is 10.5 Å². The summed E-state index contributed by atoms with van der Waals surface area (Å²) >= 11 is 8.83. The number of ether oxygens (including phenoxy) is 2. The Hall–Kier alpha value is -4.70. The molecule has 0 spiro atoms. The third kappa shape index (κ3) is 11.1. The molecule has 0 bridgehead atoms. The molecule has 2 unspecified atom stereocenters. The quantitative estimate of drug-likeness (QED) is 0.0518. The molecule has 2 atom stereocenters. The lowest BCUT2D eigenvalue weighted by molar-refractivity contribution is -0.149. The molecule has 0 aliphatic rings. The molecule has 52 heavy (non-hydrogen) atoms. The first-order valence-corrected chi connectivity index (χ1v) is 18.9. The van der Waals surface area contributed by atoms with Crippen LogP contribution in [0.2, 0.25) is 5.02 Å². The predicted molar refractivity (Wildman–Crippen MR) is 204 cm³/mol. The Labute approximate surface area is 316 Å². The van der Waals surface area contributed by atoms with E-state index in [9.17, 15) is 20.1 Å². The van der Waals surface area contributed by atoms with Gasteiger partial charge in [-0.25, -0.2) is 14.8 Å². The van der Waals surface area contributed by atoms with Crippen molar-refractivity contribution in [1.82, 2.24) is 15.3 Å². The van der Waals surface area contributed by atoms with E-state index in [0.29, 0.717) is 52.1 Å².